The van der Waals surface area contributed by atoms with Crippen LogP contribution in [0.2, 0.25) is 0 Å². The number of carbonyl (C=O) groups is 5. The molecule has 0 aliphatic rings. The van der Waals surface area contributed by atoms with Crippen molar-refractivity contribution in [3.8, 4) is 0 Å². The highest BCUT2D eigenvalue weighted by atomic mass is 16.4. The summed E-state index contributed by atoms with van der Waals surface area (Å²) in [7, 11) is 0. The van der Waals surface area contributed by atoms with E-state index < -0.39 is 42.4 Å². The van der Waals surface area contributed by atoms with Gasteiger partial charge >= 0.3 is 23.9 Å². The van der Waals surface area contributed by atoms with Crippen LogP contribution < -0.4 is 21.3 Å². The average Bonchev–Trinajstić information content (AvgIpc) is 2.72. The monoisotopic (exact) mass is 488 g/mol. The highest BCUT2D eigenvalue weighted by Crippen LogP contribution is 2.05. The maximum atomic E-state index is 11.9. The third-order valence-corrected chi connectivity index (χ3v) is 4.91. The lowest BCUT2D eigenvalue weighted by atomic mass is 10.1. The van der Waals surface area contributed by atoms with E-state index in [1.807, 2.05) is 13.8 Å². The van der Waals surface area contributed by atoms with Gasteiger partial charge in [0.1, 0.15) is 12.1 Å². The first-order valence-electron chi connectivity index (χ1n) is 11.8. The Morgan fingerprint density at radius 2 is 1.18 bits per heavy atom. The molecule has 0 aromatic carbocycles. The van der Waals surface area contributed by atoms with Crippen LogP contribution in [0.3, 0.4) is 0 Å². The number of carboxylic acids is 3. The summed E-state index contributed by atoms with van der Waals surface area (Å²) in [5.74, 6) is -3.75. The van der Waals surface area contributed by atoms with Gasteiger partial charge in [0.15, 0.2) is 0 Å². The molecule has 34 heavy (non-hydrogen) atoms. The summed E-state index contributed by atoms with van der Waals surface area (Å²) in [6.45, 7) is 5.22. The number of carboxylic acid groups (broad SMARTS) is 3. The van der Waals surface area contributed by atoms with Crippen LogP contribution in [0.4, 0.5) is 4.79 Å². The first-order chi connectivity index (χ1) is 16.0. The van der Waals surface area contributed by atoms with Crippen molar-refractivity contribution in [1.29, 1.82) is 0 Å². The number of carbonyl (C=O) groups excluding carboxylic acids is 2. The molecule has 0 heterocycles. The highest BCUT2D eigenvalue weighted by molar-refractivity contribution is 5.86. The molecule has 7 N–H and O–H groups in total. The van der Waals surface area contributed by atoms with Gasteiger partial charge in [-0.2, -0.15) is 0 Å². The van der Waals surface area contributed by atoms with Crippen molar-refractivity contribution in [3.05, 3.63) is 0 Å². The molecule has 3 amide bonds. The fourth-order valence-electron chi connectivity index (χ4n) is 3.16. The van der Waals surface area contributed by atoms with Gasteiger partial charge in [0.05, 0.1) is 0 Å². The SMILES string of the molecule is CC(C)NC(=O)CCCCCCCNCCC[C@H](NC(=O)N[C@@H](CCC(=O)O)C(=O)O)C(=O)O. The largest absolute Gasteiger partial charge is 0.481 e. The summed E-state index contributed by atoms with van der Waals surface area (Å²) >= 11 is 0. The van der Waals surface area contributed by atoms with Crippen LogP contribution in [0.1, 0.15) is 78.1 Å². The van der Waals surface area contributed by atoms with Gasteiger partial charge in [0, 0.05) is 18.9 Å². The number of nitrogens with one attached hydrogen (secondary N) is 4. The molecule has 2 atom stereocenters. The Hall–Kier alpha value is -2.89. The Balaban J connectivity index is 3.97. The second kappa shape index (κ2) is 18.5. The molecular weight excluding hydrogens is 448 g/mol. The summed E-state index contributed by atoms with van der Waals surface area (Å²) < 4.78 is 0. The van der Waals surface area contributed by atoms with Crippen LogP contribution in [-0.4, -0.2) is 76.4 Å². The molecule has 12 heteroatoms. The van der Waals surface area contributed by atoms with Crippen LogP contribution in [0.25, 0.3) is 0 Å². The molecule has 12 nitrogen and oxygen atoms in total. The third-order valence-electron chi connectivity index (χ3n) is 4.91. The summed E-state index contributed by atoms with van der Waals surface area (Å²) in [5.41, 5.74) is 0. The quantitative estimate of drug-likeness (QED) is 0.124. The minimum Gasteiger partial charge on any atom is -0.481 e. The van der Waals surface area contributed by atoms with Gasteiger partial charge in [0.2, 0.25) is 5.91 Å². The van der Waals surface area contributed by atoms with E-state index in [0.717, 1.165) is 38.6 Å². The van der Waals surface area contributed by atoms with Crippen molar-refractivity contribution in [3.63, 3.8) is 0 Å². The molecule has 0 aromatic heterocycles. The van der Waals surface area contributed by atoms with E-state index in [-0.39, 0.29) is 24.8 Å². The fourth-order valence-corrected chi connectivity index (χ4v) is 3.16. The van der Waals surface area contributed by atoms with Crippen molar-refractivity contribution in [2.75, 3.05) is 13.1 Å². The van der Waals surface area contributed by atoms with Crippen LogP contribution in [0, 0.1) is 0 Å². The smallest absolute Gasteiger partial charge is 0.326 e. The van der Waals surface area contributed by atoms with Crippen LogP contribution in [0.15, 0.2) is 0 Å². The molecule has 0 unspecified atom stereocenters. The number of unbranched alkanes of at least 4 members (excludes halogenated alkanes) is 4. The molecule has 0 saturated carbocycles. The normalized spacial score (nSPS) is 12.6. The molecule has 0 aliphatic heterocycles. The summed E-state index contributed by atoms with van der Waals surface area (Å²) in [4.78, 5) is 56.6. The first-order valence-corrected chi connectivity index (χ1v) is 11.8. The molecule has 0 rings (SSSR count). The first kappa shape index (κ1) is 31.1. The predicted octanol–water partition coefficient (Wildman–Crippen LogP) is 1.29. The second-order valence-corrected chi connectivity index (χ2v) is 8.46. The number of aliphatic carboxylic acids is 3. The molecule has 0 bridgehead atoms. The molecule has 0 spiro atoms. The maximum Gasteiger partial charge on any atom is 0.326 e. The van der Waals surface area contributed by atoms with E-state index in [1.165, 1.54) is 0 Å². The van der Waals surface area contributed by atoms with Crippen molar-refractivity contribution >= 4 is 29.8 Å². The third kappa shape index (κ3) is 17.6. The minimum atomic E-state index is -1.43. The average molecular weight is 489 g/mol. The van der Waals surface area contributed by atoms with Crippen molar-refractivity contribution in [2.24, 2.45) is 0 Å². The van der Waals surface area contributed by atoms with Crippen LogP contribution in [0.5, 0.6) is 0 Å². The van der Waals surface area contributed by atoms with Crippen LogP contribution in [-0.2, 0) is 19.2 Å². The van der Waals surface area contributed by atoms with E-state index >= 15 is 0 Å². The Bertz CT molecular complexity index is 657. The fraction of sp³-hybridized carbons (Fsp3) is 0.773. The molecule has 0 saturated heterocycles. The zero-order valence-electron chi connectivity index (χ0n) is 20.1. The lowest BCUT2D eigenvalue weighted by Gasteiger charge is -2.18. The van der Waals surface area contributed by atoms with E-state index in [1.54, 1.807) is 0 Å². The zero-order chi connectivity index (χ0) is 25.9. The Labute approximate surface area is 200 Å². The predicted molar refractivity (Wildman–Crippen MR) is 124 cm³/mol. The van der Waals surface area contributed by atoms with Gasteiger partial charge in [-0.25, -0.2) is 14.4 Å². The molecule has 0 aromatic rings. The number of amides is 3. The second-order valence-electron chi connectivity index (χ2n) is 8.46. The Morgan fingerprint density at radius 3 is 1.74 bits per heavy atom. The molecule has 0 radical (unpaired) electrons. The minimum absolute atomic E-state index is 0.0863. The number of hydrogen-bond donors (Lipinski definition) is 7. The lowest BCUT2D eigenvalue weighted by Crippen LogP contribution is -2.51. The zero-order valence-corrected chi connectivity index (χ0v) is 20.1. The topological polar surface area (TPSA) is 194 Å². The Kier molecular flexibility index (Phi) is 17.0. The van der Waals surface area contributed by atoms with Gasteiger partial charge in [-0.05, 0) is 59.0 Å². The van der Waals surface area contributed by atoms with Gasteiger partial charge in [0.25, 0.3) is 0 Å². The summed E-state index contributed by atoms with van der Waals surface area (Å²) in [5, 5.41) is 37.4. The van der Waals surface area contributed by atoms with E-state index in [4.69, 9.17) is 10.2 Å². The van der Waals surface area contributed by atoms with Crippen LogP contribution >= 0.6 is 0 Å². The summed E-state index contributed by atoms with van der Waals surface area (Å²) in [6, 6.07) is -3.43. The van der Waals surface area contributed by atoms with Crippen molar-refractivity contribution < 1.29 is 39.3 Å². The number of hydrogen-bond acceptors (Lipinski definition) is 6. The standard InChI is InChI=1S/C22H40N4O8/c1-15(2)24-18(27)10-6-4-3-5-7-13-23-14-8-9-16(20(30)31)25-22(34)26-17(21(32)33)11-12-19(28)29/h15-17,23H,3-14H2,1-2H3,(H,24,27)(H,28,29)(H,30,31)(H,32,33)(H2,25,26,34)/t16-,17-/m0/s1. The highest BCUT2D eigenvalue weighted by Gasteiger charge is 2.24. The number of urea groups is 1. The van der Waals surface area contributed by atoms with Crippen molar-refractivity contribution in [2.45, 2.75) is 96.2 Å². The molecule has 0 fully saturated rings. The van der Waals surface area contributed by atoms with Gasteiger partial charge in [-0.1, -0.05) is 19.3 Å². The maximum absolute atomic E-state index is 11.9. The van der Waals surface area contributed by atoms with Gasteiger partial charge < -0.3 is 36.6 Å². The van der Waals surface area contributed by atoms with Crippen molar-refractivity contribution in [1.82, 2.24) is 21.3 Å². The molecule has 0 aliphatic carbocycles. The van der Waals surface area contributed by atoms with E-state index in [2.05, 4.69) is 21.3 Å². The molecular formula is C22H40N4O8. The van der Waals surface area contributed by atoms with Gasteiger partial charge in [-0.15, -0.1) is 0 Å². The summed E-state index contributed by atoms with van der Waals surface area (Å²) in [6.07, 6.45) is 5.35. The number of rotatable bonds is 20. The Morgan fingerprint density at radius 1 is 0.647 bits per heavy atom. The van der Waals surface area contributed by atoms with E-state index in [9.17, 15) is 29.1 Å². The van der Waals surface area contributed by atoms with Gasteiger partial charge in [-0.3, -0.25) is 9.59 Å². The van der Waals surface area contributed by atoms with E-state index in [0.29, 0.717) is 19.4 Å². The molecule has 196 valence electrons. The lowest BCUT2D eigenvalue weighted by molar-refractivity contribution is -0.140.